The number of carbonyl (C=O) groups excluding carboxylic acids is 2. The lowest BCUT2D eigenvalue weighted by Crippen LogP contribution is -2.49. The minimum absolute atomic E-state index is 0.0279. The lowest BCUT2D eigenvalue weighted by molar-refractivity contribution is -0.139. The second kappa shape index (κ2) is 17.7. The molecule has 3 aromatic rings. The molecule has 1 saturated heterocycles. The largest absolute Gasteiger partial charge is 0.496 e. The van der Waals surface area contributed by atoms with Gasteiger partial charge in [-0.1, -0.05) is 42.5 Å². The van der Waals surface area contributed by atoms with Crippen LogP contribution >= 0.6 is 0 Å². The van der Waals surface area contributed by atoms with Gasteiger partial charge in [0.2, 0.25) is 0 Å². The van der Waals surface area contributed by atoms with Crippen molar-refractivity contribution in [1.82, 2.24) is 4.90 Å². The number of nitrogens with zero attached hydrogens (tertiary/aromatic N) is 1. The number of hydrogen-bond donors (Lipinski definition) is 2. The van der Waals surface area contributed by atoms with Crippen molar-refractivity contribution in [1.29, 1.82) is 0 Å². The third kappa shape index (κ3) is 10.2. The molecule has 0 spiro atoms. The highest BCUT2D eigenvalue weighted by atomic mass is 16.6. The number of Topliss-reactive ketones (excluding diaryl/α,β-unsaturated/α-hetero) is 1. The van der Waals surface area contributed by atoms with Gasteiger partial charge in [-0.15, -0.1) is 0 Å². The highest BCUT2D eigenvalue weighted by Gasteiger charge is 2.38. The Hall–Kier alpha value is -4.12. The number of aryl methyl sites for hydroxylation is 1. The van der Waals surface area contributed by atoms with Gasteiger partial charge in [0.15, 0.2) is 5.78 Å². The number of fused-ring (bicyclic) bond motifs is 1. The Morgan fingerprint density at radius 3 is 2.60 bits per heavy atom. The number of ketones is 1. The normalized spacial score (nSPS) is 18.1. The Balaban J connectivity index is 1.26. The quantitative estimate of drug-likeness (QED) is 0.166. The second-order valence-corrected chi connectivity index (χ2v) is 13.9. The molecule has 270 valence electrons. The topological polar surface area (TPSA) is 116 Å². The van der Waals surface area contributed by atoms with Gasteiger partial charge >= 0.3 is 6.09 Å². The molecule has 0 aliphatic carbocycles. The number of piperidine rings is 1. The lowest BCUT2D eigenvalue weighted by Gasteiger charge is -2.40. The van der Waals surface area contributed by atoms with Crippen LogP contribution in [-0.4, -0.2) is 80.2 Å². The summed E-state index contributed by atoms with van der Waals surface area (Å²) >= 11 is 0. The fourth-order valence-electron chi connectivity index (χ4n) is 6.49. The number of benzene rings is 3. The van der Waals surface area contributed by atoms with Gasteiger partial charge in [-0.3, -0.25) is 4.79 Å². The van der Waals surface area contributed by atoms with E-state index in [4.69, 9.17) is 23.7 Å². The Morgan fingerprint density at radius 1 is 1.04 bits per heavy atom. The summed E-state index contributed by atoms with van der Waals surface area (Å²) in [4.78, 5) is 28.3. The lowest BCUT2D eigenvalue weighted by atomic mass is 9.86. The van der Waals surface area contributed by atoms with E-state index >= 15 is 0 Å². The number of aliphatic hydroxyl groups is 1. The number of carbonyl (C=O) groups is 2. The van der Waals surface area contributed by atoms with Crippen LogP contribution in [-0.2, 0) is 32.0 Å². The highest BCUT2D eigenvalue weighted by molar-refractivity contribution is 5.85. The van der Waals surface area contributed by atoms with Crippen molar-refractivity contribution in [3.63, 3.8) is 0 Å². The smallest absolute Gasteiger partial charge is 0.410 e. The van der Waals surface area contributed by atoms with Crippen molar-refractivity contribution in [3.8, 4) is 11.5 Å². The van der Waals surface area contributed by atoms with Gasteiger partial charge in [-0.25, -0.2) is 4.79 Å². The van der Waals surface area contributed by atoms with E-state index in [-0.39, 0.29) is 31.3 Å². The molecule has 0 bridgehead atoms. The van der Waals surface area contributed by atoms with Gasteiger partial charge in [0.25, 0.3) is 0 Å². The van der Waals surface area contributed by atoms with E-state index in [1.54, 1.807) is 12.0 Å². The molecule has 2 aliphatic heterocycles. The summed E-state index contributed by atoms with van der Waals surface area (Å²) in [7, 11) is 1.66. The van der Waals surface area contributed by atoms with Crippen LogP contribution in [0.1, 0.15) is 80.7 Å². The van der Waals surface area contributed by atoms with E-state index in [1.165, 1.54) is 5.56 Å². The first-order valence-electron chi connectivity index (χ1n) is 17.7. The average molecular weight is 689 g/mol. The molecule has 0 saturated carbocycles. The Bertz CT molecular complexity index is 1550. The molecule has 1 fully saturated rings. The number of methoxy groups -OCH3 is 1. The summed E-state index contributed by atoms with van der Waals surface area (Å²) in [6, 6.07) is 21.8. The molecule has 50 heavy (non-hydrogen) atoms. The molecule has 10 heteroatoms. The van der Waals surface area contributed by atoms with Crippen LogP contribution < -0.4 is 14.8 Å². The van der Waals surface area contributed by atoms with E-state index < -0.39 is 23.9 Å². The number of anilines is 1. The first-order chi connectivity index (χ1) is 24.1. The van der Waals surface area contributed by atoms with Crippen molar-refractivity contribution < 1.29 is 38.4 Å². The third-order valence-corrected chi connectivity index (χ3v) is 9.01. The summed E-state index contributed by atoms with van der Waals surface area (Å²) in [5.41, 5.74) is 4.36. The molecule has 5 rings (SSSR count). The molecule has 3 aromatic carbocycles. The van der Waals surface area contributed by atoms with Gasteiger partial charge in [0.05, 0.1) is 46.2 Å². The fourth-order valence-corrected chi connectivity index (χ4v) is 6.49. The van der Waals surface area contributed by atoms with Crippen molar-refractivity contribution in [2.75, 3.05) is 51.9 Å². The van der Waals surface area contributed by atoms with Crippen molar-refractivity contribution in [2.45, 2.75) is 83.2 Å². The number of amides is 1. The van der Waals surface area contributed by atoms with Gasteiger partial charge in [-0.2, -0.15) is 0 Å². The van der Waals surface area contributed by atoms with E-state index in [1.807, 2.05) is 81.4 Å². The van der Waals surface area contributed by atoms with Gasteiger partial charge < -0.3 is 39.0 Å². The summed E-state index contributed by atoms with van der Waals surface area (Å²) < 4.78 is 29.7. The van der Waals surface area contributed by atoms with Crippen LogP contribution in [0.4, 0.5) is 10.5 Å². The number of rotatable bonds is 15. The van der Waals surface area contributed by atoms with Crippen molar-refractivity contribution in [2.24, 2.45) is 0 Å². The molecule has 2 N–H and O–H groups in total. The zero-order valence-electron chi connectivity index (χ0n) is 29.8. The van der Waals surface area contributed by atoms with Gasteiger partial charge in [0, 0.05) is 43.1 Å². The molecule has 0 aromatic heterocycles. The number of para-hydroxylation sites is 1. The first-order valence-corrected chi connectivity index (χ1v) is 17.7. The summed E-state index contributed by atoms with van der Waals surface area (Å²) in [5.74, 6) is 1.27. The minimum Gasteiger partial charge on any atom is -0.496 e. The first kappa shape index (κ1) is 37.1. The molecule has 2 aliphatic rings. The van der Waals surface area contributed by atoms with Gasteiger partial charge in [-0.05, 0) is 81.0 Å². The summed E-state index contributed by atoms with van der Waals surface area (Å²) in [6.45, 7) is 8.44. The van der Waals surface area contributed by atoms with Crippen molar-refractivity contribution >= 4 is 17.6 Å². The molecule has 10 nitrogen and oxygen atoms in total. The molecule has 2 heterocycles. The number of likely N-dealkylation sites (tertiary alicyclic amines) is 1. The zero-order valence-corrected chi connectivity index (χ0v) is 29.8. The molecule has 0 radical (unpaired) electrons. The molecule has 1 amide bonds. The summed E-state index contributed by atoms with van der Waals surface area (Å²) in [5, 5.41) is 13.1. The number of nitrogens with one attached hydrogen (secondary N) is 1. The molecule has 3 atom stereocenters. The van der Waals surface area contributed by atoms with E-state index in [9.17, 15) is 14.7 Å². The standard InChI is InChI=1S/C40H52N2O8/c1-40(2,3)50-39(45)42-21-18-33(28-14-16-32(17-15-28)48-24-8-23-47-27-31-9-5-6-11-36(31)46-4)37(26-42)49-38(35(44)19-22-43)30-13-12-29-10-7-20-41-34(29)25-30/h5-6,9,11-17,25,33,37-38,41,43H,7-8,10,18-24,26-27H2,1-4H3/t33-,37+,38?/m1/s1. The number of ether oxygens (including phenoxy) is 5. The molecular weight excluding hydrogens is 636 g/mol. The maximum Gasteiger partial charge on any atom is 0.410 e. The Kier molecular flexibility index (Phi) is 13.1. The maximum atomic E-state index is 13.5. The van der Waals surface area contributed by atoms with Crippen LogP contribution in [0.15, 0.2) is 66.7 Å². The zero-order chi connectivity index (χ0) is 35.5. The average Bonchev–Trinajstić information content (AvgIpc) is 3.11. The second-order valence-electron chi connectivity index (χ2n) is 13.9. The van der Waals surface area contributed by atoms with E-state index in [0.29, 0.717) is 32.8 Å². The monoisotopic (exact) mass is 688 g/mol. The van der Waals surface area contributed by atoms with Crippen LogP contribution in [0.2, 0.25) is 0 Å². The molecular formula is C40H52N2O8. The predicted molar refractivity (Wildman–Crippen MR) is 192 cm³/mol. The van der Waals surface area contributed by atoms with Crippen molar-refractivity contribution in [3.05, 3.63) is 89.0 Å². The SMILES string of the molecule is COc1ccccc1COCCCOc1ccc([C@H]2CCN(C(=O)OC(C)(C)C)C[C@@H]2OC(C(=O)CCO)c2ccc3c(c2)NCCC3)cc1. The Morgan fingerprint density at radius 2 is 1.84 bits per heavy atom. The van der Waals surface area contributed by atoms with Crippen LogP contribution in [0.3, 0.4) is 0 Å². The van der Waals surface area contributed by atoms with E-state index in [2.05, 4.69) is 11.4 Å². The van der Waals surface area contributed by atoms with Crippen LogP contribution in [0, 0.1) is 0 Å². The summed E-state index contributed by atoms with van der Waals surface area (Å²) in [6.07, 6.45) is 1.57. The number of hydrogen-bond acceptors (Lipinski definition) is 9. The van der Waals surface area contributed by atoms with E-state index in [0.717, 1.165) is 59.7 Å². The van der Waals surface area contributed by atoms with Gasteiger partial charge in [0.1, 0.15) is 23.2 Å². The van der Waals surface area contributed by atoms with Crippen LogP contribution in [0.25, 0.3) is 0 Å². The fraction of sp³-hybridized carbons (Fsp3) is 0.500. The maximum absolute atomic E-state index is 13.5. The van der Waals surface area contributed by atoms with Crippen LogP contribution in [0.5, 0.6) is 11.5 Å². The molecule has 1 unspecified atom stereocenters. The highest BCUT2D eigenvalue weighted by Crippen LogP contribution is 2.37. The predicted octanol–water partition coefficient (Wildman–Crippen LogP) is 6.84. The Labute approximate surface area is 296 Å². The third-order valence-electron chi connectivity index (χ3n) is 9.01. The minimum atomic E-state index is -0.893. The number of aliphatic hydroxyl groups excluding tert-OH is 1.